The number of ether oxygens (including phenoxy) is 1. The van der Waals surface area contributed by atoms with Crippen molar-refractivity contribution in [2.75, 3.05) is 16.8 Å². The van der Waals surface area contributed by atoms with Crippen molar-refractivity contribution in [1.82, 2.24) is 0 Å². The van der Waals surface area contributed by atoms with Crippen LogP contribution in [-0.4, -0.2) is 30.3 Å². The Balaban J connectivity index is 1.62. The zero-order valence-corrected chi connectivity index (χ0v) is 15.8. The third kappa shape index (κ3) is 4.37. The summed E-state index contributed by atoms with van der Waals surface area (Å²) in [5.41, 5.74) is 1.79. The molecule has 1 heterocycles. The second-order valence-electron chi connectivity index (χ2n) is 6.26. The molecule has 0 saturated carbocycles. The largest absolute Gasteiger partial charge is 0.452 e. The van der Waals surface area contributed by atoms with Crippen molar-refractivity contribution in [3.05, 3.63) is 58.6 Å². The number of aryl methyl sites for hydroxylation is 1. The Bertz CT molecular complexity index is 957. The van der Waals surface area contributed by atoms with E-state index in [2.05, 4.69) is 5.32 Å². The SMILES string of the molecule is Cc1cc(Cl)ccc1NC(=O)COC(=O)c1cccc(N2C(=O)CCC2=O)c1. The zero-order valence-electron chi connectivity index (χ0n) is 15.0. The molecule has 0 aromatic heterocycles. The van der Waals surface area contributed by atoms with Crippen molar-refractivity contribution in [2.24, 2.45) is 0 Å². The summed E-state index contributed by atoms with van der Waals surface area (Å²) in [5, 5.41) is 3.19. The molecule has 8 heteroatoms. The van der Waals surface area contributed by atoms with E-state index in [1.54, 1.807) is 37.3 Å². The van der Waals surface area contributed by atoms with E-state index >= 15 is 0 Å². The van der Waals surface area contributed by atoms with Gasteiger partial charge in [0.15, 0.2) is 6.61 Å². The van der Waals surface area contributed by atoms with Gasteiger partial charge in [-0.1, -0.05) is 17.7 Å². The third-order valence-electron chi connectivity index (χ3n) is 4.19. The summed E-state index contributed by atoms with van der Waals surface area (Å²) in [5.74, 6) is -1.86. The maximum atomic E-state index is 12.2. The highest BCUT2D eigenvalue weighted by atomic mass is 35.5. The molecule has 1 fully saturated rings. The smallest absolute Gasteiger partial charge is 0.338 e. The summed E-state index contributed by atoms with van der Waals surface area (Å²) in [6, 6.07) is 11.0. The Morgan fingerprint density at radius 3 is 2.50 bits per heavy atom. The van der Waals surface area contributed by atoms with E-state index in [1.807, 2.05) is 0 Å². The summed E-state index contributed by atoms with van der Waals surface area (Å²) in [6.07, 6.45) is 0.301. The molecule has 0 unspecified atom stereocenters. The van der Waals surface area contributed by atoms with Crippen molar-refractivity contribution in [1.29, 1.82) is 0 Å². The number of rotatable bonds is 5. The zero-order chi connectivity index (χ0) is 20.3. The van der Waals surface area contributed by atoms with Crippen LogP contribution in [0, 0.1) is 6.92 Å². The number of benzene rings is 2. The fourth-order valence-electron chi connectivity index (χ4n) is 2.80. The number of halogens is 1. The number of nitrogens with zero attached hydrogens (tertiary/aromatic N) is 1. The maximum absolute atomic E-state index is 12.2. The van der Waals surface area contributed by atoms with Gasteiger partial charge in [0.05, 0.1) is 11.3 Å². The summed E-state index contributed by atoms with van der Waals surface area (Å²) >= 11 is 5.87. The second kappa shape index (κ2) is 8.22. The molecule has 3 amide bonds. The van der Waals surface area contributed by atoms with Gasteiger partial charge in [0.25, 0.3) is 5.91 Å². The molecule has 7 nitrogen and oxygen atoms in total. The maximum Gasteiger partial charge on any atom is 0.338 e. The van der Waals surface area contributed by atoms with Crippen LogP contribution in [0.2, 0.25) is 5.02 Å². The number of carbonyl (C=O) groups excluding carboxylic acids is 4. The number of imide groups is 1. The van der Waals surface area contributed by atoms with Crippen LogP contribution in [-0.2, 0) is 19.1 Å². The topological polar surface area (TPSA) is 92.8 Å². The van der Waals surface area contributed by atoms with Crippen LogP contribution in [0.15, 0.2) is 42.5 Å². The van der Waals surface area contributed by atoms with Crippen LogP contribution in [0.25, 0.3) is 0 Å². The standard InChI is InChI=1S/C20H17ClN2O5/c1-12-9-14(21)5-6-16(12)22-17(24)11-28-20(27)13-3-2-4-15(10-13)23-18(25)7-8-19(23)26/h2-6,9-10H,7-8,11H2,1H3,(H,22,24). The number of esters is 1. The molecule has 0 radical (unpaired) electrons. The van der Waals surface area contributed by atoms with Crippen molar-refractivity contribution < 1.29 is 23.9 Å². The van der Waals surface area contributed by atoms with Crippen molar-refractivity contribution in [3.63, 3.8) is 0 Å². The van der Waals surface area contributed by atoms with Gasteiger partial charge in [-0.2, -0.15) is 0 Å². The van der Waals surface area contributed by atoms with Crippen LogP contribution in [0.1, 0.15) is 28.8 Å². The molecule has 3 rings (SSSR count). The van der Waals surface area contributed by atoms with Gasteiger partial charge in [0.1, 0.15) is 0 Å². The lowest BCUT2D eigenvalue weighted by molar-refractivity contribution is -0.121. The van der Waals surface area contributed by atoms with Crippen LogP contribution in [0.5, 0.6) is 0 Å². The second-order valence-corrected chi connectivity index (χ2v) is 6.69. The molecule has 1 N–H and O–H groups in total. The van der Waals surface area contributed by atoms with Crippen molar-refractivity contribution in [3.8, 4) is 0 Å². The Morgan fingerprint density at radius 1 is 1.11 bits per heavy atom. The molecule has 1 aliphatic heterocycles. The Hall–Kier alpha value is -3.19. The van der Waals surface area contributed by atoms with E-state index in [4.69, 9.17) is 16.3 Å². The minimum absolute atomic E-state index is 0.139. The lowest BCUT2D eigenvalue weighted by Crippen LogP contribution is -2.28. The van der Waals surface area contributed by atoms with Gasteiger partial charge in [0, 0.05) is 23.6 Å². The normalized spacial score (nSPS) is 13.6. The van der Waals surface area contributed by atoms with E-state index in [0.717, 1.165) is 10.5 Å². The predicted octanol–water partition coefficient (Wildman–Crippen LogP) is 3.10. The minimum atomic E-state index is -0.732. The molecule has 144 valence electrons. The molecule has 1 saturated heterocycles. The monoisotopic (exact) mass is 400 g/mol. The van der Waals surface area contributed by atoms with Gasteiger partial charge >= 0.3 is 5.97 Å². The van der Waals surface area contributed by atoms with Crippen LogP contribution < -0.4 is 10.2 Å². The molecule has 0 spiro atoms. The number of nitrogens with one attached hydrogen (secondary N) is 1. The fourth-order valence-corrected chi connectivity index (χ4v) is 3.03. The molecular formula is C20H17ClN2O5. The highest BCUT2D eigenvalue weighted by Crippen LogP contribution is 2.24. The number of carbonyl (C=O) groups is 4. The molecule has 0 bridgehead atoms. The van der Waals surface area contributed by atoms with E-state index in [9.17, 15) is 19.2 Å². The van der Waals surface area contributed by atoms with Gasteiger partial charge < -0.3 is 10.1 Å². The minimum Gasteiger partial charge on any atom is -0.452 e. The molecule has 0 aliphatic carbocycles. The Kier molecular flexibility index (Phi) is 5.75. The molecule has 2 aromatic rings. The van der Waals surface area contributed by atoms with E-state index in [-0.39, 0.29) is 30.2 Å². The number of amides is 3. The fraction of sp³-hybridized carbons (Fsp3) is 0.200. The van der Waals surface area contributed by atoms with Crippen LogP contribution >= 0.6 is 11.6 Å². The van der Waals surface area contributed by atoms with E-state index in [0.29, 0.717) is 16.4 Å². The average molecular weight is 401 g/mol. The van der Waals surface area contributed by atoms with E-state index < -0.39 is 18.5 Å². The van der Waals surface area contributed by atoms with Crippen molar-refractivity contribution in [2.45, 2.75) is 19.8 Å². The summed E-state index contributed by atoms with van der Waals surface area (Å²) in [6.45, 7) is 1.31. The quantitative estimate of drug-likeness (QED) is 0.615. The number of hydrogen-bond donors (Lipinski definition) is 1. The van der Waals surface area contributed by atoms with E-state index in [1.165, 1.54) is 12.1 Å². The number of anilines is 2. The summed E-state index contributed by atoms with van der Waals surface area (Å²) in [4.78, 5) is 49.0. The molecule has 28 heavy (non-hydrogen) atoms. The lowest BCUT2D eigenvalue weighted by atomic mass is 10.2. The first-order valence-corrected chi connectivity index (χ1v) is 8.92. The molecule has 2 aromatic carbocycles. The van der Waals surface area contributed by atoms with Gasteiger partial charge in [-0.05, 0) is 48.9 Å². The van der Waals surface area contributed by atoms with Gasteiger partial charge in [0.2, 0.25) is 11.8 Å². The van der Waals surface area contributed by atoms with Gasteiger partial charge in [-0.3, -0.25) is 19.3 Å². The summed E-state index contributed by atoms with van der Waals surface area (Å²) < 4.78 is 5.03. The highest BCUT2D eigenvalue weighted by molar-refractivity contribution is 6.30. The molecule has 0 atom stereocenters. The third-order valence-corrected chi connectivity index (χ3v) is 4.42. The van der Waals surface area contributed by atoms with Crippen molar-refractivity contribution >= 4 is 46.7 Å². The Morgan fingerprint density at radius 2 is 1.82 bits per heavy atom. The average Bonchev–Trinajstić information content (AvgIpc) is 3.00. The molecular weight excluding hydrogens is 384 g/mol. The van der Waals surface area contributed by atoms with Gasteiger partial charge in [-0.15, -0.1) is 0 Å². The molecule has 1 aliphatic rings. The Labute approximate surface area is 166 Å². The number of hydrogen-bond acceptors (Lipinski definition) is 5. The predicted molar refractivity (Wildman–Crippen MR) is 103 cm³/mol. The highest BCUT2D eigenvalue weighted by Gasteiger charge is 2.30. The van der Waals surface area contributed by atoms with Crippen LogP contribution in [0.3, 0.4) is 0 Å². The first-order valence-electron chi connectivity index (χ1n) is 8.54. The summed E-state index contributed by atoms with van der Waals surface area (Å²) in [7, 11) is 0. The first-order chi connectivity index (χ1) is 13.3. The first kappa shape index (κ1) is 19.6. The van der Waals surface area contributed by atoms with Gasteiger partial charge in [-0.25, -0.2) is 4.79 Å². The van der Waals surface area contributed by atoms with Crippen LogP contribution in [0.4, 0.5) is 11.4 Å². The lowest BCUT2D eigenvalue weighted by Gasteiger charge is -2.14.